The van der Waals surface area contributed by atoms with Crippen molar-refractivity contribution in [2.24, 2.45) is 47.0 Å². The second-order valence-electron chi connectivity index (χ2n) is 23.6. The largest absolute Gasteiger partial charge is 0.457 e. The minimum atomic E-state index is -2.29. The molecule has 5 aliphatic rings. The minimum Gasteiger partial charge on any atom is -0.457 e. The van der Waals surface area contributed by atoms with Gasteiger partial charge in [0.2, 0.25) is 17.7 Å². The SMILES string of the molecule is CC(=O)NC1[C@H](O[C@@H]2C(CO[C@@H]3OC(COCc4ccccc4)[C@@H](C)[C@H](C)C3OCc3ccccc3)O[C@@H](OC3[C@H](C)OC(C(N)=O)[C@@](C)(O)[C@@H]3OC(N)=O)C(NC(C)=O)[C@H]2C)OC(C)[C@@H](O[C@@H]2OC(C(C)=O)[C@H](C)[C@H](C)C2OC(C)=O)[C@@H]1C. The first-order chi connectivity index (χ1) is 39.7. The Morgan fingerprint density at radius 2 is 1.06 bits per heavy atom. The molecule has 7 N–H and O–H groups in total. The topological polar surface area (TPSA) is 319 Å². The maximum Gasteiger partial charge on any atom is 0.404 e. The Bertz CT molecular complexity index is 2530. The lowest BCUT2D eigenvalue weighted by Gasteiger charge is -2.52. The van der Waals surface area contributed by atoms with Crippen LogP contribution in [0.3, 0.4) is 0 Å². The van der Waals surface area contributed by atoms with Crippen molar-refractivity contribution < 1.29 is 95.5 Å². The van der Waals surface area contributed by atoms with Gasteiger partial charge in [-0.25, -0.2) is 4.79 Å². The van der Waals surface area contributed by atoms with E-state index < -0.39 is 158 Å². The fourth-order valence-corrected chi connectivity index (χ4v) is 12.3. The second kappa shape index (κ2) is 29.0. The zero-order valence-corrected chi connectivity index (χ0v) is 50.3. The molecular weight excluding hydrogens is 1100 g/mol. The fraction of sp³-hybridized carbons (Fsp3) is 0.700. The molecule has 5 aliphatic heterocycles. The monoisotopic (exact) mass is 1180 g/mol. The lowest BCUT2D eigenvalue weighted by molar-refractivity contribution is -0.358. The normalized spacial score (nSPS) is 39.7. The number of hydrogen-bond donors (Lipinski definition) is 5. The Kier molecular flexibility index (Phi) is 22.9. The Balaban J connectivity index is 1.24. The molecule has 24 heteroatoms. The summed E-state index contributed by atoms with van der Waals surface area (Å²) in [5, 5.41) is 17.8. The van der Waals surface area contributed by atoms with E-state index in [1.54, 1.807) is 13.8 Å². The average Bonchev–Trinajstić information content (AvgIpc) is 1.33. The van der Waals surface area contributed by atoms with Crippen LogP contribution in [0.5, 0.6) is 0 Å². The van der Waals surface area contributed by atoms with Crippen molar-refractivity contribution in [1.29, 1.82) is 0 Å². The first-order valence-electron chi connectivity index (χ1n) is 29.0. The number of primary amides is 2. The molecule has 5 heterocycles. The van der Waals surface area contributed by atoms with Crippen molar-refractivity contribution in [3.8, 4) is 0 Å². The summed E-state index contributed by atoms with van der Waals surface area (Å²) >= 11 is 0. The molecule has 24 nitrogen and oxygen atoms in total. The van der Waals surface area contributed by atoms with Gasteiger partial charge in [0.15, 0.2) is 49.3 Å². The van der Waals surface area contributed by atoms with Gasteiger partial charge >= 0.3 is 12.1 Å². The quantitative estimate of drug-likeness (QED) is 0.105. The number of nitrogens with one attached hydrogen (secondary N) is 2. The summed E-state index contributed by atoms with van der Waals surface area (Å²) in [6, 6.07) is 17.4. The number of hydrogen-bond acceptors (Lipinski definition) is 20. The van der Waals surface area contributed by atoms with Gasteiger partial charge in [-0.05, 0) is 56.6 Å². The smallest absolute Gasteiger partial charge is 0.404 e. The Morgan fingerprint density at radius 1 is 0.536 bits per heavy atom. The van der Waals surface area contributed by atoms with Crippen molar-refractivity contribution in [1.82, 2.24) is 10.6 Å². The summed E-state index contributed by atoms with van der Waals surface area (Å²) in [4.78, 5) is 77.1. The summed E-state index contributed by atoms with van der Waals surface area (Å²) in [6.45, 7) is 21.7. The summed E-state index contributed by atoms with van der Waals surface area (Å²) in [5.41, 5.74) is 10.8. The van der Waals surface area contributed by atoms with Crippen LogP contribution in [0.25, 0.3) is 0 Å². The highest BCUT2D eigenvalue weighted by Gasteiger charge is 2.60. The summed E-state index contributed by atoms with van der Waals surface area (Å²) in [5.74, 6) is -5.13. The number of Topliss-reactive ketones (excluding diaryl/α,β-unsaturated/α-hetero) is 1. The predicted octanol–water partition coefficient (Wildman–Crippen LogP) is 3.71. The number of carbonyl (C=O) groups is 6. The van der Waals surface area contributed by atoms with Gasteiger partial charge in [0.1, 0.15) is 30.0 Å². The third-order valence-electron chi connectivity index (χ3n) is 17.3. The van der Waals surface area contributed by atoms with Crippen LogP contribution in [0.1, 0.15) is 101 Å². The molecule has 4 amide bonds. The van der Waals surface area contributed by atoms with Crippen LogP contribution in [0, 0.1) is 35.5 Å². The van der Waals surface area contributed by atoms with E-state index in [9.17, 15) is 33.9 Å². The van der Waals surface area contributed by atoms with Crippen LogP contribution < -0.4 is 22.1 Å². The Hall–Kier alpha value is -5.22. The van der Waals surface area contributed by atoms with E-state index in [0.717, 1.165) is 11.1 Å². The third kappa shape index (κ3) is 15.9. The zero-order valence-electron chi connectivity index (χ0n) is 50.3. The van der Waals surface area contributed by atoms with Gasteiger partial charge in [-0.1, -0.05) is 102 Å². The van der Waals surface area contributed by atoms with Gasteiger partial charge in [0.05, 0.1) is 69.0 Å². The van der Waals surface area contributed by atoms with Crippen LogP contribution in [-0.4, -0.2) is 170 Å². The molecule has 0 bridgehead atoms. The highest BCUT2D eigenvalue weighted by Crippen LogP contribution is 2.42. The van der Waals surface area contributed by atoms with Crippen molar-refractivity contribution in [3.63, 3.8) is 0 Å². The number of esters is 1. The predicted molar refractivity (Wildman–Crippen MR) is 297 cm³/mol. The Morgan fingerprint density at radius 3 is 1.62 bits per heavy atom. The van der Waals surface area contributed by atoms with Gasteiger partial charge in [0.25, 0.3) is 0 Å². The van der Waals surface area contributed by atoms with E-state index in [2.05, 4.69) is 24.5 Å². The number of amides is 4. The lowest BCUT2D eigenvalue weighted by Crippen LogP contribution is -2.71. The highest BCUT2D eigenvalue weighted by atomic mass is 16.8. The highest BCUT2D eigenvalue weighted by molar-refractivity contribution is 5.81. The summed E-state index contributed by atoms with van der Waals surface area (Å²) < 4.78 is 84.3. The van der Waals surface area contributed by atoms with Crippen LogP contribution in [0.4, 0.5) is 4.79 Å². The first kappa shape index (κ1) is 66.3. The molecule has 0 aromatic heterocycles. The average molecular weight is 1190 g/mol. The van der Waals surface area contributed by atoms with E-state index in [4.69, 9.17) is 73.0 Å². The van der Waals surface area contributed by atoms with E-state index in [1.807, 2.05) is 81.4 Å². The minimum absolute atomic E-state index is 0.0769. The molecular formula is C60H88N4O20. The molecule has 2 aromatic carbocycles. The Labute approximate surface area is 491 Å². The number of nitrogens with two attached hydrogens (primary N) is 2. The third-order valence-corrected chi connectivity index (χ3v) is 17.3. The molecule has 7 rings (SSSR count). The molecule has 0 saturated carbocycles. The van der Waals surface area contributed by atoms with Crippen molar-refractivity contribution in [3.05, 3.63) is 71.8 Å². The summed E-state index contributed by atoms with van der Waals surface area (Å²) in [6.07, 6.45) is -19.0. The molecule has 5 fully saturated rings. The standard InChI is InChI=1S/C60H88N4O20/c1-28-29(2)49(73-25-41-22-18-15-19-23-41)57(78-42(28)26-72-24-40-20-16-14-17-21-40)74-27-43-48(33(6)45(64-38(11)67)56(79-43)83-51-36(9)75-53(54(61)69)60(13,71)52(51)84-59(62)70)82-55-44(63-37(10)66)32(5)47(35(8)76-55)81-58-50(77-39(12)68)31(4)30(3)46(80-58)34(7)65/h14-23,28-33,35-36,42-53,55-58,71H,24-27H2,1-13H3,(H2,61,69)(H2,62,70)(H,63,66)(H,64,67)/t28-,29-,30+,31-,32+,33+,35?,36-,42?,43?,44?,45?,46?,47-,48-,49?,50?,51?,52+,53?,55-,56-,57+,58-,60-/m0/s1. The van der Waals surface area contributed by atoms with Crippen LogP contribution in [-0.2, 0) is 98.8 Å². The second-order valence-corrected chi connectivity index (χ2v) is 23.6. The number of ether oxygens (including phenoxy) is 13. The number of aliphatic hydroxyl groups is 1. The first-order valence-corrected chi connectivity index (χ1v) is 29.0. The lowest BCUT2D eigenvalue weighted by atomic mass is 9.82. The molecule has 84 heavy (non-hydrogen) atoms. The summed E-state index contributed by atoms with van der Waals surface area (Å²) in [7, 11) is 0. The van der Waals surface area contributed by atoms with Gasteiger partial charge in [-0.15, -0.1) is 0 Å². The van der Waals surface area contributed by atoms with Crippen LogP contribution in [0.15, 0.2) is 60.7 Å². The molecule has 0 spiro atoms. The number of benzene rings is 2. The van der Waals surface area contributed by atoms with E-state index >= 15 is 0 Å². The van der Waals surface area contributed by atoms with Gasteiger partial charge in [-0.3, -0.25) is 24.0 Å². The van der Waals surface area contributed by atoms with E-state index in [-0.39, 0.29) is 49.3 Å². The molecule has 0 radical (unpaired) electrons. The molecule has 468 valence electrons. The molecule has 5 saturated heterocycles. The number of ketones is 1. The maximum atomic E-state index is 13.3. The fourth-order valence-electron chi connectivity index (χ4n) is 12.3. The van der Waals surface area contributed by atoms with Crippen LogP contribution in [0.2, 0.25) is 0 Å². The zero-order chi connectivity index (χ0) is 61.5. The van der Waals surface area contributed by atoms with Crippen molar-refractivity contribution in [2.75, 3.05) is 13.2 Å². The van der Waals surface area contributed by atoms with Crippen molar-refractivity contribution in [2.45, 2.75) is 219 Å². The van der Waals surface area contributed by atoms with Gasteiger partial charge in [0, 0.05) is 38.5 Å². The number of carbonyl (C=O) groups excluding carboxylic acids is 6. The van der Waals surface area contributed by atoms with E-state index in [0.29, 0.717) is 6.61 Å². The number of rotatable bonds is 22. The molecule has 2 aromatic rings. The van der Waals surface area contributed by atoms with Crippen molar-refractivity contribution >= 4 is 35.6 Å². The van der Waals surface area contributed by atoms with Crippen LogP contribution >= 0.6 is 0 Å². The molecule has 0 aliphatic carbocycles. The van der Waals surface area contributed by atoms with Gasteiger partial charge in [-0.2, -0.15) is 0 Å². The van der Waals surface area contributed by atoms with E-state index in [1.165, 1.54) is 41.5 Å². The maximum absolute atomic E-state index is 13.3. The van der Waals surface area contributed by atoms with Gasteiger partial charge < -0.3 is 88.8 Å². The molecule has 10 unspecified atom stereocenters. The molecule has 25 atom stereocenters.